The summed E-state index contributed by atoms with van der Waals surface area (Å²) in [4.78, 5) is 3.61. The van der Waals surface area contributed by atoms with Gasteiger partial charge in [-0.15, -0.1) is 0 Å². The summed E-state index contributed by atoms with van der Waals surface area (Å²) in [6.07, 6.45) is -3.58. The van der Waals surface area contributed by atoms with Crippen LogP contribution in [0.4, 0.5) is 13.2 Å². The van der Waals surface area contributed by atoms with Crippen LogP contribution in [-0.4, -0.2) is 15.2 Å². The largest absolute Gasteiger partial charge is 0.417 e. The molecule has 0 atom stereocenters. The molecule has 2 heterocycles. The van der Waals surface area contributed by atoms with E-state index < -0.39 is 11.7 Å². The summed E-state index contributed by atoms with van der Waals surface area (Å²) in [7, 11) is 0. The van der Waals surface area contributed by atoms with Crippen molar-refractivity contribution in [3.63, 3.8) is 0 Å². The van der Waals surface area contributed by atoms with E-state index in [1.54, 1.807) is 6.92 Å². The summed E-state index contributed by atoms with van der Waals surface area (Å²) in [6.45, 7) is 1.65. The zero-order chi connectivity index (χ0) is 10.3. The van der Waals surface area contributed by atoms with E-state index in [2.05, 4.69) is 15.2 Å². The Kier molecular flexibility index (Phi) is 1.73. The van der Waals surface area contributed by atoms with Gasteiger partial charge in [0.2, 0.25) is 0 Å². The molecule has 2 aromatic heterocycles. The molecule has 0 radical (unpaired) electrons. The maximum Gasteiger partial charge on any atom is 0.417 e. The lowest BCUT2D eigenvalue weighted by Crippen LogP contribution is -2.05. The molecular formula is C8H6F3N3. The SMILES string of the molecule is Cc1[nH]nc2ncc(C(F)(F)F)cc12. The zero-order valence-electron chi connectivity index (χ0n) is 7.18. The smallest absolute Gasteiger partial charge is 0.280 e. The van der Waals surface area contributed by atoms with Gasteiger partial charge in [0, 0.05) is 17.3 Å². The van der Waals surface area contributed by atoms with E-state index in [0.717, 1.165) is 12.3 Å². The first-order valence-electron chi connectivity index (χ1n) is 3.86. The van der Waals surface area contributed by atoms with Crippen LogP contribution in [0.1, 0.15) is 11.3 Å². The molecule has 6 heteroatoms. The number of nitrogens with one attached hydrogen (secondary N) is 1. The number of H-pyrrole nitrogens is 1. The Labute approximate surface area is 77.0 Å². The number of rotatable bonds is 0. The van der Waals surface area contributed by atoms with Gasteiger partial charge in [0.25, 0.3) is 0 Å². The van der Waals surface area contributed by atoms with Crippen molar-refractivity contribution in [2.24, 2.45) is 0 Å². The standard InChI is InChI=1S/C8H6F3N3/c1-4-6-2-5(8(9,10)11)3-12-7(6)14-13-4/h2-3H,1H3,(H,12,13,14). The third-order valence-electron chi connectivity index (χ3n) is 1.93. The van der Waals surface area contributed by atoms with Gasteiger partial charge in [-0.2, -0.15) is 18.3 Å². The number of aryl methyl sites for hydroxylation is 1. The number of alkyl halides is 3. The quantitative estimate of drug-likeness (QED) is 0.710. The maximum atomic E-state index is 12.3. The zero-order valence-corrected chi connectivity index (χ0v) is 7.18. The van der Waals surface area contributed by atoms with Gasteiger partial charge in [0.1, 0.15) is 0 Å². The molecule has 0 fully saturated rings. The number of nitrogens with zero attached hydrogens (tertiary/aromatic N) is 2. The summed E-state index contributed by atoms with van der Waals surface area (Å²) in [6, 6.07) is 1.04. The van der Waals surface area contributed by atoms with Gasteiger partial charge in [0.15, 0.2) is 5.65 Å². The van der Waals surface area contributed by atoms with Crippen LogP contribution in [0.15, 0.2) is 12.3 Å². The Balaban J connectivity index is 2.66. The fraction of sp³-hybridized carbons (Fsp3) is 0.250. The first-order chi connectivity index (χ1) is 6.48. The molecule has 0 unspecified atom stereocenters. The number of hydrogen-bond donors (Lipinski definition) is 1. The Morgan fingerprint density at radius 3 is 2.71 bits per heavy atom. The molecule has 2 rings (SSSR count). The van der Waals surface area contributed by atoms with Crippen LogP contribution >= 0.6 is 0 Å². The molecule has 0 spiro atoms. The van der Waals surface area contributed by atoms with Crippen molar-refractivity contribution in [3.8, 4) is 0 Å². The number of aromatic nitrogens is 3. The molecule has 3 nitrogen and oxygen atoms in total. The van der Waals surface area contributed by atoms with E-state index in [0.29, 0.717) is 16.7 Å². The van der Waals surface area contributed by atoms with E-state index >= 15 is 0 Å². The highest BCUT2D eigenvalue weighted by Gasteiger charge is 2.31. The monoisotopic (exact) mass is 201 g/mol. The molecular weight excluding hydrogens is 195 g/mol. The topological polar surface area (TPSA) is 41.6 Å². The predicted molar refractivity (Wildman–Crippen MR) is 43.6 cm³/mol. The predicted octanol–water partition coefficient (Wildman–Crippen LogP) is 2.29. The summed E-state index contributed by atoms with van der Waals surface area (Å²) < 4.78 is 36.8. The molecule has 0 amide bonds. The van der Waals surface area contributed by atoms with Crippen LogP contribution in [-0.2, 0) is 6.18 Å². The fourth-order valence-electron chi connectivity index (χ4n) is 1.17. The molecule has 0 aliphatic rings. The minimum Gasteiger partial charge on any atom is -0.280 e. The Bertz CT molecular complexity index is 472. The molecule has 1 N–H and O–H groups in total. The van der Waals surface area contributed by atoms with Gasteiger partial charge in [-0.05, 0) is 13.0 Å². The number of fused-ring (bicyclic) bond motifs is 1. The number of pyridine rings is 1. The summed E-state index contributed by atoms with van der Waals surface area (Å²) in [5, 5.41) is 6.72. The van der Waals surface area contributed by atoms with Crippen molar-refractivity contribution < 1.29 is 13.2 Å². The molecule has 0 aliphatic carbocycles. The summed E-state index contributed by atoms with van der Waals surface area (Å²) in [5.41, 5.74) is 0.128. The van der Waals surface area contributed by atoms with Crippen molar-refractivity contribution in [1.82, 2.24) is 15.2 Å². The van der Waals surface area contributed by atoms with Crippen LogP contribution in [0.5, 0.6) is 0 Å². The molecule has 14 heavy (non-hydrogen) atoms. The van der Waals surface area contributed by atoms with Crippen molar-refractivity contribution in [1.29, 1.82) is 0 Å². The molecule has 74 valence electrons. The number of aromatic amines is 1. The van der Waals surface area contributed by atoms with Crippen molar-refractivity contribution in [3.05, 3.63) is 23.5 Å². The van der Waals surface area contributed by atoms with Crippen molar-refractivity contribution in [2.75, 3.05) is 0 Å². The van der Waals surface area contributed by atoms with Gasteiger partial charge in [-0.25, -0.2) is 4.98 Å². The molecule has 0 saturated carbocycles. The minimum absolute atomic E-state index is 0.301. The van der Waals surface area contributed by atoms with Crippen LogP contribution in [0, 0.1) is 6.92 Å². The fourth-order valence-corrected chi connectivity index (χ4v) is 1.17. The highest BCUT2D eigenvalue weighted by Crippen LogP contribution is 2.30. The van der Waals surface area contributed by atoms with Crippen LogP contribution in [0.25, 0.3) is 11.0 Å². The van der Waals surface area contributed by atoms with Gasteiger partial charge >= 0.3 is 6.18 Å². The highest BCUT2D eigenvalue weighted by atomic mass is 19.4. The lowest BCUT2D eigenvalue weighted by Gasteiger charge is -2.04. The minimum atomic E-state index is -4.36. The average molecular weight is 201 g/mol. The Morgan fingerprint density at radius 1 is 1.36 bits per heavy atom. The number of hydrogen-bond acceptors (Lipinski definition) is 2. The maximum absolute atomic E-state index is 12.3. The highest BCUT2D eigenvalue weighted by molar-refractivity contribution is 5.77. The lowest BCUT2D eigenvalue weighted by molar-refractivity contribution is -0.137. The second-order valence-corrected chi connectivity index (χ2v) is 2.94. The first kappa shape index (κ1) is 8.98. The Hall–Kier alpha value is -1.59. The van der Waals surface area contributed by atoms with E-state index in [1.807, 2.05) is 0 Å². The van der Waals surface area contributed by atoms with E-state index in [-0.39, 0.29) is 0 Å². The average Bonchev–Trinajstić information content (AvgIpc) is 2.46. The lowest BCUT2D eigenvalue weighted by atomic mass is 10.2. The number of halogens is 3. The van der Waals surface area contributed by atoms with Crippen LogP contribution < -0.4 is 0 Å². The summed E-state index contributed by atoms with van der Waals surface area (Å²) >= 11 is 0. The van der Waals surface area contributed by atoms with Crippen molar-refractivity contribution in [2.45, 2.75) is 13.1 Å². The van der Waals surface area contributed by atoms with Gasteiger partial charge < -0.3 is 0 Å². The first-order valence-corrected chi connectivity index (χ1v) is 3.86. The molecule has 0 bridgehead atoms. The van der Waals surface area contributed by atoms with E-state index in [1.165, 1.54) is 0 Å². The van der Waals surface area contributed by atoms with Crippen LogP contribution in [0.3, 0.4) is 0 Å². The second kappa shape index (κ2) is 2.70. The third-order valence-corrected chi connectivity index (χ3v) is 1.93. The normalized spacial score (nSPS) is 12.3. The Morgan fingerprint density at radius 2 is 2.07 bits per heavy atom. The van der Waals surface area contributed by atoms with Crippen LogP contribution in [0.2, 0.25) is 0 Å². The third kappa shape index (κ3) is 1.32. The van der Waals surface area contributed by atoms with E-state index in [9.17, 15) is 13.2 Å². The molecule has 0 aromatic carbocycles. The molecule has 2 aromatic rings. The van der Waals surface area contributed by atoms with E-state index in [4.69, 9.17) is 0 Å². The van der Waals surface area contributed by atoms with Gasteiger partial charge in [-0.1, -0.05) is 0 Å². The van der Waals surface area contributed by atoms with Crippen molar-refractivity contribution >= 4 is 11.0 Å². The summed E-state index contributed by atoms with van der Waals surface area (Å²) in [5.74, 6) is 0. The molecule has 0 saturated heterocycles. The van der Waals surface area contributed by atoms with Gasteiger partial charge in [0.05, 0.1) is 5.56 Å². The van der Waals surface area contributed by atoms with Gasteiger partial charge in [-0.3, -0.25) is 5.10 Å². The second-order valence-electron chi connectivity index (χ2n) is 2.94. The molecule has 0 aliphatic heterocycles.